The SMILES string of the molecule is CCN(CC)CCOc1cc(NC(=O)Cn2ccc3cc([N+](=O)[O-])ccc32)ccc1OC. The predicted octanol–water partition coefficient (Wildman–Crippen LogP) is 3.92. The predicted molar refractivity (Wildman–Crippen MR) is 123 cm³/mol. The number of nitrogens with one attached hydrogen (secondary N) is 1. The molecule has 0 aliphatic rings. The zero-order valence-electron chi connectivity index (χ0n) is 18.5. The number of anilines is 1. The Balaban J connectivity index is 1.67. The molecule has 0 spiro atoms. The van der Waals surface area contributed by atoms with Gasteiger partial charge in [-0.2, -0.15) is 0 Å². The second-order valence-corrected chi connectivity index (χ2v) is 7.23. The minimum atomic E-state index is -0.436. The highest BCUT2D eigenvalue weighted by Crippen LogP contribution is 2.30. The Bertz CT molecular complexity index is 1090. The van der Waals surface area contributed by atoms with Gasteiger partial charge in [0.1, 0.15) is 13.2 Å². The molecule has 1 amide bonds. The molecule has 9 heteroatoms. The van der Waals surface area contributed by atoms with Crippen LogP contribution < -0.4 is 14.8 Å². The molecular formula is C23H28N4O5. The van der Waals surface area contributed by atoms with Gasteiger partial charge >= 0.3 is 0 Å². The first-order chi connectivity index (χ1) is 15.4. The first kappa shape index (κ1) is 23.1. The average Bonchev–Trinajstić information content (AvgIpc) is 3.18. The highest BCUT2D eigenvalue weighted by molar-refractivity contribution is 5.92. The van der Waals surface area contributed by atoms with E-state index >= 15 is 0 Å². The van der Waals surface area contributed by atoms with Crippen molar-refractivity contribution in [1.82, 2.24) is 9.47 Å². The van der Waals surface area contributed by atoms with Crippen molar-refractivity contribution in [3.8, 4) is 11.5 Å². The number of rotatable bonds is 11. The molecule has 0 fully saturated rings. The molecule has 1 heterocycles. The van der Waals surface area contributed by atoms with Crippen LogP contribution in [0.25, 0.3) is 10.9 Å². The molecule has 3 rings (SSSR count). The average molecular weight is 441 g/mol. The Labute approximate surface area is 186 Å². The molecule has 0 saturated heterocycles. The molecule has 0 aliphatic carbocycles. The van der Waals surface area contributed by atoms with Crippen molar-refractivity contribution in [2.45, 2.75) is 20.4 Å². The number of likely N-dealkylation sites (N-methyl/N-ethyl adjacent to an activating group) is 1. The summed E-state index contributed by atoms with van der Waals surface area (Å²) >= 11 is 0. The van der Waals surface area contributed by atoms with E-state index in [2.05, 4.69) is 24.1 Å². The minimum Gasteiger partial charge on any atom is -0.493 e. The monoisotopic (exact) mass is 440 g/mol. The molecule has 1 N–H and O–H groups in total. The summed E-state index contributed by atoms with van der Waals surface area (Å²) in [4.78, 5) is 25.4. The van der Waals surface area contributed by atoms with Crippen molar-refractivity contribution in [3.63, 3.8) is 0 Å². The van der Waals surface area contributed by atoms with Gasteiger partial charge in [0.2, 0.25) is 5.91 Å². The summed E-state index contributed by atoms with van der Waals surface area (Å²) in [7, 11) is 1.58. The number of hydrogen-bond donors (Lipinski definition) is 1. The maximum Gasteiger partial charge on any atom is 0.270 e. The van der Waals surface area contributed by atoms with Gasteiger partial charge in [-0.3, -0.25) is 14.9 Å². The minimum absolute atomic E-state index is 0.0199. The summed E-state index contributed by atoms with van der Waals surface area (Å²) in [5.41, 5.74) is 1.37. The second kappa shape index (κ2) is 10.6. The normalized spacial score (nSPS) is 11.0. The van der Waals surface area contributed by atoms with Crippen molar-refractivity contribution in [1.29, 1.82) is 0 Å². The standard InChI is InChI=1S/C23H28N4O5/c1-4-25(5-2)12-13-32-22-15-18(6-9-21(22)31-3)24-23(28)16-26-11-10-17-14-19(27(29)30)7-8-20(17)26/h6-11,14-15H,4-5,12-13,16H2,1-3H3,(H,24,28). The van der Waals surface area contributed by atoms with Crippen molar-refractivity contribution in [2.75, 3.05) is 38.7 Å². The Morgan fingerprint density at radius 3 is 2.59 bits per heavy atom. The van der Waals surface area contributed by atoms with Crippen molar-refractivity contribution in [2.24, 2.45) is 0 Å². The smallest absolute Gasteiger partial charge is 0.270 e. The molecular weight excluding hydrogens is 412 g/mol. The van der Waals surface area contributed by atoms with E-state index < -0.39 is 4.92 Å². The number of fused-ring (bicyclic) bond motifs is 1. The summed E-state index contributed by atoms with van der Waals surface area (Å²) in [5, 5.41) is 14.5. The van der Waals surface area contributed by atoms with Crippen LogP contribution in [0.1, 0.15) is 13.8 Å². The highest BCUT2D eigenvalue weighted by atomic mass is 16.6. The van der Waals surface area contributed by atoms with Crippen molar-refractivity contribution in [3.05, 3.63) is 58.8 Å². The summed E-state index contributed by atoms with van der Waals surface area (Å²) in [5.74, 6) is 0.942. The maximum absolute atomic E-state index is 12.6. The van der Waals surface area contributed by atoms with Gasteiger partial charge in [0.05, 0.1) is 12.0 Å². The number of carbonyl (C=O) groups is 1. The highest BCUT2D eigenvalue weighted by Gasteiger charge is 2.12. The van der Waals surface area contributed by atoms with Crippen LogP contribution in [0.4, 0.5) is 11.4 Å². The Kier molecular flexibility index (Phi) is 7.67. The van der Waals surface area contributed by atoms with E-state index in [1.165, 1.54) is 12.1 Å². The van der Waals surface area contributed by atoms with Crippen LogP contribution in [0.3, 0.4) is 0 Å². The number of benzene rings is 2. The Hall–Kier alpha value is -3.59. The van der Waals surface area contributed by atoms with Crippen LogP contribution in [0.2, 0.25) is 0 Å². The van der Waals surface area contributed by atoms with Crippen LogP contribution in [-0.2, 0) is 11.3 Å². The molecule has 0 radical (unpaired) electrons. The largest absolute Gasteiger partial charge is 0.493 e. The number of ether oxygens (including phenoxy) is 2. The molecule has 0 aliphatic heterocycles. The maximum atomic E-state index is 12.6. The van der Waals surface area contributed by atoms with Crippen LogP contribution in [0, 0.1) is 10.1 Å². The van der Waals surface area contributed by atoms with Gasteiger partial charge in [0, 0.05) is 47.5 Å². The van der Waals surface area contributed by atoms with E-state index in [1.807, 2.05) is 0 Å². The number of hydrogen-bond acceptors (Lipinski definition) is 6. The third-order valence-electron chi connectivity index (χ3n) is 5.29. The lowest BCUT2D eigenvalue weighted by Gasteiger charge is -2.19. The number of nitro benzene ring substituents is 1. The molecule has 2 aromatic carbocycles. The van der Waals surface area contributed by atoms with Gasteiger partial charge in [-0.1, -0.05) is 13.8 Å². The molecule has 32 heavy (non-hydrogen) atoms. The lowest BCUT2D eigenvalue weighted by Crippen LogP contribution is -2.28. The third kappa shape index (κ3) is 5.55. The zero-order valence-corrected chi connectivity index (χ0v) is 18.5. The summed E-state index contributed by atoms with van der Waals surface area (Å²) in [6.45, 7) is 7.50. The number of carbonyl (C=O) groups excluding carboxylic acids is 1. The van der Waals surface area contributed by atoms with Gasteiger partial charge < -0.3 is 24.3 Å². The molecule has 0 atom stereocenters. The zero-order chi connectivity index (χ0) is 23.1. The van der Waals surface area contributed by atoms with Crippen LogP contribution in [-0.4, -0.2) is 53.6 Å². The van der Waals surface area contributed by atoms with Gasteiger partial charge in [-0.15, -0.1) is 0 Å². The fourth-order valence-corrected chi connectivity index (χ4v) is 3.49. The number of aromatic nitrogens is 1. The van der Waals surface area contributed by atoms with E-state index in [0.717, 1.165) is 25.2 Å². The molecule has 3 aromatic rings. The van der Waals surface area contributed by atoms with E-state index in [9.17, 15) is 14.9 Å². The quantitative estimate of drug-likeness (QED) is 0.358. The van der Waals surface area contributed by atoms with Gasteiger partial charge in [0.25, 0.3) is 5.69 Å². The third-order valence-corrected chi connectivity index (χ3v) is 5.29. The Morgan fingerprint density at radius 1 is 1.12 bits per heavy atom. The lowest BCUT2D eigenvalue weighted by atomic mass is 10.2. The van der Waals surface area contributed by atoms with Crippen LogP contribution in [0.5, 0.6) is 11.5 Å². The van der Waals surface area contributed by atoms with E-state index in [1.54, 1.807) is 48.2 Å². The number of methoxy groups -OCH3 is 1. The second-order valence-electron chi connectivity index (χ2n) is 7.23. The summed E-state index contributed by atoms with van der Waals surface area (Å²) in [6.07, 6.45) is 1.74. The Morgan fingerprint density at radius 2 is 1.91 bits per heavy atom. The van der Waals surface area contributed by atoms with Crippen LogP contribution >= 0.6 is 0 Å². The number of non-ortho nitro benzene ring substituents is 1. The molecule has 1 aromatic heterocycles. The van der Waals surface area contributed by atoms with Gasteiger partial charge in [-0.25, -0.2) is 0 Å². The van der Waals surface area contributed by atoms with E-state index in [0.29, 0.717) is 29.2 Å². The molecule has 170 valence electrons. The number of nitrogens with zero attached hydrogens (tertiary/aromatic N) is 3. The number of amides is 1. The fraction of sp³-hybridized carbons (Fsp3) is 0.348. The van der Waals surface area contributed by atoms with E-state index in [-0.39, 0.29) is 18.1 Å². The summed E-state index contributed by atoms with van der Waals surface area (Å²) < 4.78 is 13.0. The first-order valence-electron chi connectivity index (χ1n) is 10.5. The number of nitro groups is 1. The fourth-order valence-electron chi connectivity index (χ4n) is 3.49. The first-order valence-corrected chi connectivity index (χ1v) is 10.5. The molecule has 0 unspecified atom stereocenters. The molecule has 0 bridgehead atoms. The summed E-state index contributed by atoms with van der Waals surface area (Å²) in [6, 6.07) is 11.6. The van der Waals surface area contributed by atoms with Gasteiger partial charge in [0.15, 0.2) is 11.5 Å². The van der Waals surface area contributed by atoms with Crippen LogP contribution in [0.15, 0.2) is 48.7 Å². The topological polar surface area (TPSA) is 98.9 Å². The van der Waals surface area contributed by atoms with Gasteiger partial charge in [-0.05, 0) is 37.4 Å². The molecule has 9 nitrogen and oxygen atoms in total. The lowest BCUT2D eigenvalue weighted by molar-refractivity contribution is -0.384. The van der Waals surface area contributed by atoms with Crippen molar-refractivity contribution >= 4 is 28.2 Å². The van der Waals surface area contributed by atoms with Crippen molar-refractivity contribution < 1.29 is 19.2 Å². The van der Waals surface area contributed by atoms with E-state index in [4.69, 9.17) is 9.47 Å². The molecule has 0 saturated carbocycles.